The van der Waals surface area contributed by atoms with Gasteiger partial charge in [-0.05, 0) is 55.2 Å². The average molecular weight is 528 g/mol. The fourth-order valence-electron chi connectivity index (χ4n) is 3.96. The number of aryl methyl sites for hydroxylation is 3. The number of hydrogen-bond acceptors (Lipinski definition) is 6. The Bertz CT molecular complexity index is 1360. The van der Waals surface area contributed by atoms with E-state index >= 15 is 0 Å². The standard InChI is InChI=1S/C26H33N5O5S/c1-17-11-22(36-6)12-18(2)26(17)37(34,35)31(5)16-24(32)28-14-25(33)30(4)15-20-7-9-21(10-8-20)23-13-27-19(3)29-23/h7-13H,14-16H2,1-6H3,(H,27,29)(H,28,32). The Morgan fingerprint density at radius 3 is 2.22 bits per heavy atom. The van der Waals surface area contributed by atoms with Gasteiger partial charge in [-0.25, -0.2) is 13.4 Å². The van der Waals surface area contributed by atoms with Gasteiger partial charge in [0.2, 0.25) is 21.8 Å². The number of benzene rings is 2. The molecule has 0 spiro atoms. The summed E-state index contributed by atoms with van der Waals surface area (Å²) in [5, 5.41) is 2.52. The number of carbonyl (C=O) groups excluding carboxylic acids is 2. The van der Waals surface area contributed by atoms with Crippen LogP contribution in [-0.2, 0) is 26.2 Å². The Morgan fingerprint density at radius 1 is 1.05 bits per heavy atom. The lowest BCUT2D eigenvalue weighted by Gasteiger charge is -2.21. The number of hydrogen-bond donors (Lipinski definition) is 2. The largest absolute Gasteiger partial charge is 0.497 e. The van der Waals surface area contributed by atoms with Crippen molar-refractivity contribution in [2.45, 2.75) is 32.2 Å². The van der Waals surface area contributed by atoms with Crippen LogP contribution in [0.3, 0.4) is 0 Å². The number of rotatable bonds is 10. The van der Waals surface area contributed by atoms with Gasteiger partial charge in [0.25, 0.3) is 0 Å². The zero-order valence-corrected chi connectivity index (χ0v) is 22.8. The second-order valence-electron chi connectivity index (χ2n) is 8.96. The van der Waals surface area contributed by atoms with Crippen LogP contribution in [0.1, 0.15) is 22.5 Å². The van der Waals surface area contributed by atoms with E-state index in [-0.39, 0.29) is 17.3 Å². The maximum Gasteiger partial charge on any atom is 0.243 e. The summed E-state index contributed by atoms with van der Waals surface area (Å²) < 4.78 is 32.4. The number of ether oxygens (including phenoxy) is 1. The number of methoxy groups -OCH3 is 1. The van der Waals surface area contributed by atoms with Crippen molar-refractivity contribution >= 4 is 21.8 Å². The monoisotopic (exact) mass is 527 g/mol. The van der Waals surface area contributed by atoms with Crippen LogP contribution in [0, 0.1) is 20.8 Å². The van der Waals surface area contributed by atoms with Gasteiger partial charge in [-0.1, -0.05) is 24.3 Å². The van der Waals surface area contributed by atoms with Crippen molar-refractivity contribution in [2.24, 2.45) is 0 Å². The third-order valence-electron chi connectivity index (χ3n) is 5.95. The van der Waals surface area contributed by atoms with Crippen LogP contribution in [0.15, 0.2) is 47.5 Å². The van der Waals surface area contributed by atoms with E-state index in [0.717, 1.165) is 27.0 Å². The van der Waals surface area contributed by atoms with E-state index in [0.29, 0.717) is 23.4 Å². The van der Waals surface area contributed by atoms with E-state index in [1.165, 1.54) is 19.1 Å². The number of nitrogens with one attached hydrogen (secondary N) is 2. The minimum absolute atomic E-state index is 0.132. The molecule has 0 unspecified atom stereocenters. The SMILES string of the molecule is COc1cc(C)c(S(=O)(=O)N(C)CC(=O)NCC(=O)N(C)Cc2ccc(-c3cnc(C)[nH]3)cc2)c(C)c1. The number of carbonyl (C=O) groups is 2. The predicted octanol–water partition coefficient (Wildman–Crippen LogP) is 2.41. The quantitative estimate of drug-likeness (QED) is 0.417. The molecule has 0 aliphatic carbocycles. The molecular formula is C26H33N5O5S. The van der Waals surface area contributed by atoms with Crippen molar-refractivity contribution in [1.29, 1.82) is 0 Å². The molecule has 3 rings (SSSR count). The third-order valence-corrected chi connectivity index (χ3v) is 8.06. The lowest BCUT2D eigenvalue weighted by molar-refractivity contribution is -0.132. The van der Waals surface area contributed by atoms with Crippen molar-refractivity contribution in [3.8, 4) is 17.0 Å². The Labute approximate surface area is 217 Å². The molecule has 0 fully saturated rings. The molecular weight excluding hydrogens is 494 g/mol. The molecule has 0 saturated carbocycles. The summed E-state index contributed by atoms with van der Waals surface area (Å²) in [6.45, 7) is 4.94. The van der Waals surface area contributed by atoms with E-state index < -0.39 is 22.5 Å². The molecule has 2 aromatic carbocycles. The van der Waals surface area contributed by atoms with Crippen LogP contribution in [0.5, 0.6) is 5.75 Å². The number of aromatic nitrogens is 2. The number of amides is 2. The summed E-state index contributed by atoms with van der Waals surface area (Å²) in [5.41, 5.74) is 3.88. The topological polar surface area (TPSA) is 125 Å². The predicted molar refractivity (Wildman–Crippen MR) is 141 cm³/mol. The first-order valence-electron chi connectivity index (χ1n) is 11.7. The lowest BCUT2D eigenvalue weighted by atomic mass is 10.1. The van der Waals surface area contributed by atoms with Crippen LogP contribution in [0.4, 0.5) is 0 Å². The summed E-state index contributed by atoms with van der Waals surface area (Å²) in [4.78, 5) is 34.0. The second kappa shape index (κ2) is 11.6. The molecule has 0 saturated heterocycles. The maximum absolute atomic E-state index is 13.1. The fraction of sp³-hybridized carbons (Fsp3) is 0.346. The molecule has 2 amide bonds. The van der Waals surface area contributed by atoms with Crippen LogP contribution in [0.25, 0.3) is 11.3 Å². The Kier molecular flexibility index (Phi) is 8.72. The molecule has 10 nitrogen and oxygen atoms in total. The molecule has 0 bridgehead atoms. The number of likely N-dealkylation sites (N-methyl/N-ethyl adjacent to an activating group) is 2. The number of sulfonamides is 1. The highest BCUT2D eigenvalue weighted by Crippen LogP contribution is 2.27. The third kappa shape index (κ3) is 6.75. The Morgan fingerprint density at radius 2 is 1.68 bits per heavy atom. The maximum atomic E-state index is 13.1. The van der Waals surface area contributed by atoms with Gasteiger partial charge in [0.15, 0.2) is 0 Å². The average Bonchev–Trinajstić information content (AvgIpc) is 3.28. The minimum Gasteiger partial charge on any atom is -0.497 e. The summed E-state index contributed by atoms with van der Waals surface area (Å²) in [6.07, 6.45) is 1.77. The van der Waals surface area contributed by atoms with Crippen molar-refractivity contribution < 1.29 is 22.7 Å². The molecule has 0 aliphatic rings. The van der Waals surface area contributed by atoms with Gasteiger partial charge < -0.3 is 19.9 Å². The molecule has 0 atom stereocenters. The van der Waals surface area contributed by atoms with Crippen LogP contribution in [-0.4, -0.2) is 73.7 Å². The second-order valence-corrected chi connectivity index (χ2v) is 10.9. The highest BCUT2D eigenvalue weighted by atomic mass is 32.2. The zero-order valence-electron chi connectivity index (χ0n) is 22.0. The van der Waals surface area contributed by atoms with Crippen LogP contribution in [0.2, 0.25) is 0 Å². The molecule has 1 aromatic heterocycles. The van der Waals surface area contributed by atoms with Crippen molar-refractivity contribution in [1.82, 2.24) is 24.5 Å². The summed E-state index contributed by atoms with van der Waals surface area (Å²) in [6, 6.07) is 11.0. The van der Waals surface area contributed by atoms with Gasteiger partial charge in [-0.3, -0.25) is 9.59 Å². The Hall–Kier alpha value is -3.70. The molecule has 11 heteroatoms. The molecule has 2 N–H and O–H groups in total. The lowest BCUT2D eigenvalue weighted by Crippen LogP contribution is -2.43. The van der Waals surface area contributed by atoms with Crippen molar-refractivity contribution in [3.05, 3.63) is 65.1 Å². The van der Waals surface area contributed by atoms with Gasteiger partial charge in [0, 0.05) is 20.6 Å². The van der Waals surface area contributed by atoms with Gasteiger partial charge in [-0.15, -0.1) is 0 Å². The van der Waals surface area contributed by atoms with E-state index in [4.69, 9.17) is 4.74 Å². The normalized spacial score (nSPS) is 11.4. The summed E-state index contributed by atoms with van der Waals surface area (Å²) in [7, 11) is 0.567. The van der Waals surface area contributed by atoms with Gasteiger partial charge in [0.1, 0.15) is 11.6 Å². The zero-order chi connectivity index (χ0) is 27.3. The summed E-state index contributed by atoms with van der Waals surface area (Å²) in [5.74, 6) is 0.520. The first-order valence-corrected chi connectivity index (χ1v) is 13.1. The first kappa shape index (κ1) is 27.9. The van der Waals surface area contributed by atoms with E-state index in [9.17, 15) is 18.0 Å². The number of H-pyrrole nitrogens is 1. The number of aromatic amines is 1. The van der Waals surface area contributed by atoms with E-state index in [1.807, 2.05) is 31.2 Å². The molecule has 3 aromatic rings. The van der Waals surface area contributed by atoms with Crippen LogP contribution < -0.4 is 10.1 Å². The van der Waals surface area contributed by atoms with Crippen LogP contribution >= 0.6 is 0 Å². The van der Waals surface area contributed by atoms with Crippen molar-refractivity contribution in [2.75, 3.05) is 34.3 Å². The molecule has 198 valence electrons. The smallest absolute Gasteiger partial charge is 0.243 e. The summed E-state index contributed by atoms with van der Waals surface area (Å²) >= 11 is 0. The molecule has 37 heavy (non-hydrogen) atoms. The van der Waals surface area contributed by atoms with Gasteiger partial charge >= 0.3 is 0 Å². The van der Waals surface area contributed by atoms with Gasteiger partial charge in [0.05, 0.1) is 37.0 Å². The highest BCUT2D eigenvalue weighted by Gasteiger charge is 2.27. The number of nitrogens with zero attached hydrogens (tertiary/aromatic N) is 3. The van der Waals surface area contributed by atoms with E-state index in [1.54, 1.807) is 39.2 Å². The molecule has 0 aliphatic heterocycles. The van der Waals surface area contributed by atoms with Crippen molar-refractivity contribution in [3.63, 3.8) is 0 Å². The molecule has 1 heterocycles. The van der Waals surface area contributed by atoms with E-state index in [2.05, 4.69) is 15.3 Å². The first-order chi connectivity index (χ1) is 17.4. The van der Waals surface area contributed by atoms with Gasteiger partial charge in [-0.2, -0.15) is 4.31 Å². The fourth-order valence-corrected chi connectivity index (χ4v) is 5.49. The molecule has 0 radical (unpaired) electrons. The Balaban J connectivity index is 1.53. The number of imidazole rings is 1. The highest BCUT2D eigenvalue weighted by molar-refractivity contribution is 7.89. The minimum atomic E-state index is -3.92.